The molecule has 1 N–H and O–H groups in total. The zero-order chi connectivity index (χ0) is 14.2. The van der Waals surface area contributed by atoms with Crippen molar-refractivity contribution in [3.8, 4) is 0 Å². The molecule has 0 aliphatic carbocycles. The van der Waals surface area contributed by atoms with E-state index in [1.54, 1.807) is 18.2 Å². The fraction of sp³-hybridized carbons (Fsp3) is 0.231. The number of carbonyl (C=O) groups is 1. The molecule has 0 radical (unpaired) electrons. The standard InChI is InChI=1S/C13H13Cl2N3O/c1-7(18(2)3)11-12(16-17-13(11)19)9-5-4-8(14)6-10(9)15/h4-6H,1-3H3,(H,17,19)/b11-7-. The maximum absolute atomic E-state index is 11.9. The van der Waals surface area contributed by atoms with Gasteiger partial charge in [-0.1, -0.05) is 23.2 Å². The van der Waals surface area contributed by atoms with Crippen LogP contribution in [0.3, 0.4) is 0 Å². The minimum atomic E-state index is -0.229. The minimum absolute atomic E-state index is 0.229. The molecule has 0 saturated carbocycles. The van der Waals surface area contributed by atoms with Crippen molar-refractivity contribution < 1.29 is 4.79 Å². The summed E-state index contributed by atoms with van der Waals surface area (Å²) in [6.07, 6.45) is 0. The van der Waals surface area contributed by atoms with E-state index in [0.717, 1.165) is 5.70 Å². The highest BCUT2D eigenvalue weighted by Crippen LogP contribution is 2.26. The molecule has 2 rings (SSSR count). The highest BCUT2D eigenvalue weighted by Gasteiger charge is 2.28. The fourth-order valence-corrected chi connectivity index (χ4v) is 2.26. The van der Waals surface area contributed by atoms with E-state index in [2.05, 4.69) is 10.5 Å². The van der Waals surface area contributed by atoms with E-state index in [0.29, 0.717) is 26.9 Å². The first kappa shape index (κ1) is 13.9. The van der Waals surface area contributed by atoms with Crippen LogP contribution in [0.5, 0.6) is 0 Å². The number of benzene rings is 1. The molecule has 0 aromatic heterocycles. The third kappa shape index (κ3) is 2.60. The van der Waals surface area contributed by atoms with Crippen molar-refractivity contribution in [3.63, 3.8) is 0 Å². The molecule has 1 aromatic rings. The Morgan fingerprint density at radius 2 is 2.00 bits per heavy atom. The molecule has 0 bridgehead atoms. The fourth-order valence-electron chi connectivity index (χ4n) is 1.76. The van der Waals surface area contributed by atoms with Crippen LogP contribution in [0.4, 0.5) is 0 Å². The van der Waals surface area contributed by atoms with Gasteiger partial charge in [0.1, 0.15) is 5.71 Å². The summed E-state index contributed by atoms with van der Waals surface area (Å²) >= 11 is 12.0. The summed E-state index contributed by atoms with van der Waals surface area (Å²) in [5, 5.41) is 5.08. The van der Waals surface area contributed by atoms with E-state index in [4.69, 9.17) is 23.2 Å². The molecule has 0 spiro atoms. The van der Waals surface area contributed by atoms with Gasteiger partial charge < -0.3 is 4.90 Å². The van der Waals surface area contributed by atoms with Crippen LogP contribution >= 0.6 is 23.2 Å². The number of hydrogen-bond donors (Lipinski definition) is 1. The van der Waals surface area contributed by atoms with Crippen molar-refractivity contribution in [2.24, 2.45) is 5.10 Å². The summed E-state index contributed by atoms with van der Waals surface area (Å²) in [4.78, 5) is 13.8. The van der Waals surface area contributed by atoms with Gasteiger partial charge in [-0.15, -0.1) is 0 Å². The van der Waals surface area contributed by atoms with Gasteiger partial charge in [0.15, 0.2) is 0 Å². The lowest BCUT2D eigenvalue weighted by Crippen LogP contribution is -2.21. The monoisotopic (exact) mass is 297 g/mol. The minimum Gasteiger partial charge on any atom is -0.380 e. The second-order valence-corrected chi connectivity index (χ2v) is 5.22. The van der Waals surface area contributed by atoms with Gasteiger partial charge in [-0.3, -0.25) is 4.79 Å². The molecule has 6 heteroatoms. The molecule has 0 atom stereocenters. The lowest BCUT2D eigenvalue weighted by molar-refractivity contribution is -0.116. The van der Waals surface area contributed by atoms with Crippen molar-refractivity contribution in [2.75, 3.05) is 14.1 Å². The van der Waals surface area contributed by atoms with E-state index in [9.17, 15) is 4.79 Å². The Morgan fingerprint density at radius 3 is 2.58 bits per heavy atom. The molecule has 1 aliphatic rings. The van der Waals surface area contributed by atoms with Crippen molar-refractivity contribution in [2.45, 2.75) is 6.92 Å². The third-order valence-corrected chi connectivity index (χ3v) is 3.50. The third-order valence-electron chi connectivity index (χ3n) is 2.95. The Balaban J connectivity index is 2.56. The zero-order valence-electron chi connectivity index (χ0n) is 10.8. The first-order chi connectivity index (χ1) is 8.91. The average molecular weight is 298 g/mol. The number of hydrogen-bond acceptors (Lipinski definition) is 3. The molecule has 1 heterocycles. The predicted octanol–water partition coefficient (Wildman–Crippen LogP) is 2.66. The highest BCUT2D eigenvalue weighted by molar-refractivity contribution is 6.40. The Hall–Kier alpha value is -1.52. The normalized spacial score (nSPS) is 17.1. The number of rotatable bonds is 2. The van der Waals surface area contributed by atoms with Crippen LogP contribution in [0.2, 0.25) is 10.0 Å². The lowest BCUT2D eigenvalue weighted by atomic mass is 10.0. The molecule has 4 nitrogen and oxygen atoms in total. The van der Waals surface area contributed by atoms with Gasteiger partial charge in [-0.2, -0.15) is 5.10 Å². The van der Waals surface area contributed by atoms with Crippen LogP contribution in [-0.2, 0) is 4.79 Å². The van der Waals surface area contributed by atoms with Gasteiger partial charge in [-0.25, -0.2) is 5.43 Å². The lowest BCUT2D eigenvalue weighted by Gasteiger charge is -2.16. The molecule has 0 unspecified atom stereocenters. The van der Waals surface area contributed by atoms with Crippen LogP contribution in [-0.4, -0.2) is 30.6 Å². The molecule has 100 valence electrons. The molecule has 19 heavy (non-hydrogen) atoms. The second-order valence-electron chi connectivity index (χ2n) is 4.38. The van der Waals surface area contributed by atoms with E-state index in [1.165, 1.54) is 0 Å². The van der Waals surface area contributed by atoms with Gasteiger partial charge in [-0.05, 0) is 25.1 Å². The Bertz CT molecular complexity index is 606. The molecule has 0 fully saturated rings. The number of allylic oxidation sites excluding steroid dienone is 1. The number of halogens is 2. The van der Waals surface area contributed by atoms with Crippen LogP contribution in [0.25, 0.3) is 0 Å². The zero-order valence-corrected chi connectivity index (χ0v) is 12.3. The molecule has 1 aliphatic heterocycles. The molecule has 0 saturated heterocycles. The number of carbonyl (C=O) groups excluding carboxylic acids is 1. The first-order valence-electron chi connectivity index (χ1n) is 5.64. The Kier molecular flexibility index (Phi) is 3.83. The molecule has 1 amide bonds. The number of nitrogens with one attached hydrogen (secondary N) is 1. The van der Waals surface area contributed by atoms with Crippen molar-refractivity contribution in [3.05, 3.63) is 45.1 Å². The molecular formula is C13H13Cl2N3O. The summed E-state index contributed by atoms with van der Waals surface area (Å²) < 4.78 is 0. The number of nitrogens with zero attached hydrogens (tertiary/aromatic N) is 2. The summed E-state index contributed by atoms with van der Waals surface area (Å²) in [5.41, 5.74) is 5.03. The van der Waals surface area contributed by atoms with E-state index in [-0.39, 0.29) is 5.91 Å². The quantitative estimate of drug-likeness (QED) is 0.853. The smallest absolute Gasteiger partial charge is 0.275 e. The highest BCUT2D eigenvalue weighted by atomic mass is 35.5. The van der Waals surface area contributed by atoms with Crippen molar-refractivity contribution in [1.29, 1.82) is 0 Å². The topological polar surface area (TPSA) is 44.7 Å². The maximum atomic E-state index is 11.9. The average Bonchev–Trinajstić information content (AvgIpc) is 2.70. The number of hydrazone groups is 1. The summed E-state index contributed by atoms with van der Waals surface area (Å²) in [7, 11) is 3.74. The summed E-state index contributed by atoms with van der Waals surface area (Å²) in [5.74, 6) is -0.229. The second kappa shape index (κ2) is 5.23. The predicted molar refractivity (Wildman–Crippen MR) is 77.5 cm³/mol. The van der Waals surface area contributed by atoms with Crippen LogP contribution in [0.15, 0.2) is 34.6 Å². The number of amides is 1. The van der Waals surface area contributed by atoms with Gasteiger partial charge in [0.05, 0.1) is 10.6 Å². The van der Waals surface area contributed by atoms with Crippen LogP contribution in [0.1, 0.15) is 12.5 Å². The summed E-state index contributed by atoms with van der Waals surface area (Å²) in [6, 6.07) is 5.11. The molecular weight excluding hydrogens is 285 g/mol. The van der Waals surface area contributed by atoms with Crippen LogP contribution in [0, 0.1) is 0 Å². The first-order valence-corrected chi connectivity index (χ1v) is 6.39. The summed E-state index contributed by atoms with van der Waals surface area (Å²) in [6.45, 7) is 1.86. The Morgan fingerprint density at radius 1 is 1.32 bits per heavy atom. The van der Waals surface area contributed by atoms with Gasteiger partial charge in [0, 0.05) is 30.4 Å². The maximum Gasteiger partial charge on any atom is 0.275 e. The van der Waals surface area contributed by atoms with Gasteiger partial charge >= 0.3 is 0 Å². The van der Waals surface area contributed by atoms with E-state index < -0.39 is 0 Å². The largest absolute Gasteiger partial charge is 0.380 e. The Labute approximate surface area is 121 Å². The van der Waals surface area contributed by atoms with Gasteiger partial charge in [0.2, 0.25) is 0 Å². The van der Waals surface area contributed by atoms with Gasteiger partial charge in [0.25, 0.3) is 5.91 Å². The van der Waals surface area contributed by atoms with Crippen molar-refractivity contribution >= 4 is 34.8 Å². The SMILES string of the molecule is C/C(=C1/C(=O)NN=C1c1ccc(Cl)cc1Cl)N(C)C. The van der Waals surface area contributed by atoms with Crippen molar-refractivity contribution in [1.82, 2.24) is 10.3 Å². The van der Waals surface area contributed by atoms with Crippen LogP contribution < -0.4 is 5.43 Å². The van der Waals surface area contributed by atoms with E-state index in [1.807, 2.05) is 25.9 Å². The van der Waals surface area contributed by atoms with E-state index >= 15 is 0 Å². The molecule has 1 aromatic carbocycles.